The Bertz CT molecular complexity index is 222. The molecule has 0 aromatic carbocycles. The largest absolute Gasteiger partial charge is 0.343 e. The topological polar surface area (TPSA) is 32.3 Å². The Balaban J connectivity index is 2.24. The number of carbonyl (C=O) groups excluding carboxylic acids is 1. The van der Waals surface area contributed by atoms with Crippen molar-refractivity contribution in [3.63, 3.8) is 0 Å². The number of likely N-dealkylation sites (tertiary alicyclic amines) is 1. The molecule has 100 valence electrons. The van der Waals surface area contributed by atoms with E-state index in [-0.39, 0.29) is 0 Å². The Morgan fingerprint density at radius 3 is 2.53 bits per heavy atom. The molecule has 1 fully saturated rings. The van der Waals surface area contributed by atoms with Gasteiger partial charge in [0.15, 0.2) is 0 Å². The number of piperidine rings is 1. The van der Waals surface area contributed by atoms with Crippen LogP contribution in [0.1, 0.15) is 46.5 Å². The van der Waals surface area contributed by atoms with E-state index in [0.717, 1.165) is 44.9 Å². The number of carbonyl (C=O) groups is 1. The van der Waals surface area contributed by atoms with Gasteiger partial charge in [-0.15, -0.1) is 0 Å². The van der Waals surface area contributed by atoms with Crippen molar-refractivity contribution in [3.05, 3.63) is 0 Å². The van der Waals surface area contributed by atoms with Gasteiger partial charge >= 0.3 is 0 Å². The zero-order valence-corrected chi connectivity index (χ0v) is 11.7. The summed E-state index contributed by atoms with van der Waals surface area (Å²) in [6, 6.07) is 0. The molecule has 0 bridgehead atoms. The van der Waals surface area contributed by atoms with Crippen molar-refractivity contribution in [1.29, 1.82) is 0 Å². The highest BCUT2D eigenvalue weighted by Gasteiger charge is 2.22. The van der Waals surface area contributed by atoms with Gasteiger partial charge < -0.3 is 10.2 Å². The molecule has 0 spiro atoms. The van der Waals surface area contributed by atoms with E-state index in [1.54, 1.807) is 0 Å². The summed E-state index contributed by atoms with van der Waals surface area (Å²) in [5.41, 5.74) is 0. The molecule has 0 aromatic rings. The Morgan fingerprint density at radius 2 is 2.00 bits per heavy atom. The number of rotatable bonds is 6. The second-order valence-corrected chi connectivity index (χ2v) is 5.35. The normalized spacial score (nSPS) is 19.4. The molecule has 1 amide bonds. The Kier molecular flexibility index (Phi) is 6.56. The van der Waals surface area contributed by atoms with Crippen molar-refractivity contribution in [2.75, 3.05) is 26.2 Å². The number of nitrogens with zero attached hydrogens (tertiary/aromatic N) is 1. The summed E-state index contributed by atoms with van der Waals surface area (Å²) in [5.74, 6) is 1.66. The molecule has 0 saturated carbocycles. The molecule has 3 nitrogen and oxygen atoms in total. The lowest BCUT2D eigenvalue weighted by Crippen LogP contribution is -2.41. The van der Waals surface area contributed by atoms with Gasteiger partial charge in [0.1, 0.15) is 0 Å². The highest BCUT2D eigenvalue weighted by Crippen LogP contribution is 2.18. The molecule has 17 heavy (non-hydrogen) atoms. The van der Waals surface area contributed by atoms with Crippen LogP contribution in [-0.2, 0) is 4.79 Å². The molecule has 0 aromatic heterocycles. The fourth-order valence-corrected chi connectivity index (χ4v) is 2.31. The van der Waals surface area contributed by atoms with Crippen LogP contribution in [0.25, 0.3) is 0 Å². The van der Waals surface area contributed by atoms with Crippen LogP contribution >= 0.6 is 0 Å². The fourth-order valence-electron chi connectivity index (χ4n) is 2.31. The highest BCUT2D eigenvalue weighted by molar-refractivity contribution is 5.76. The van der Waals surface area contributed by atoms with Crippen LogP contribution in [0, 0.1) is 11.8 Å². The first-order chi connectivity index (χ1) is 8.17. The van der Waals surface area contributed by atoms with Gasteiger partial charge in [0.05, 0.1) is 0 Å². The van der Waals surface area contributed by atoms with Gasteiger partial charge in [-0.25, -0.2) is 0 Å². The van der Waals surface area contributed by atoms with Gasteiger partial charge in [0.2, 0.25) is 5.91 Å². The van der Waals surface area contributed by atoms with E-state index in [0.29, 0.717) is 11.8 Å². The summed E-state index contributed by atoms with van der Waals surface area (Å²) in [4.78, 5) is 14.1. The second kappa shape index (κ2) is 7.70. The van der Waals surface area contributed by atoms with Gasteiger partial charge in [-0.1, -0.05) is 27.2 Å². The van der Waals surface area contributed by atoms with Gasteiger partial charge in [0.25, 0.3) is 0 Å². The van der Waals surface area contributed by atoms with E-state index in [1.165, 1.54) is 12.8 Å². The predicted molar refractivity (Wildman–Crippen MR) is 71.9 cm³/mol. The number of nitrogens with one attached hydrogen (secondary N) is 1. The van der Waals surface area contributed by atoms with Crippen LogP contribution in [0.3, 0.4) is 0 Å². The number of hydrogen-bond donors (Lipinski definition) is 1. The molecule has 3 heteroatoms. The summed E-state index contributed by atoms with van der Waals surface area (Å²) in [7, 11) is 0. The lowest BCUT2D eigenvalue weighted by atomic mass is 9.95. The van der Waals surface area contributed by atoms with Crippen molar-refractivity contribution in [2.45, 2.75) is 46.5 Å². The first-order valence-corrected chi connectivity index (χ1v) is 7.15. The van der Waals surface area contributed by atoms with Gasteiger partial charge in [0, 0.05) is 19.5 Å². The molecule has 1 N–H and O–H groups in total. The third kappa shape index (κ3) is 5.07. The van der Waals surface area contributed by atoms with Crippen molar-refractivity contribution in [3.8, 4) is 0 Å². The summed E-state index contributed by atoms with van der Waals surface area (Å²) in [6.45, 7) is 10.6. The van der Waals surface area contributed by atoms with Gasteiger partial charge in [-0.3, -0.25) is 4.79 Å². The minimum atomic E-state index is 0.362. The fraction of sp³-hybridized carbons (Fsp3) is 0.929. The first-order valence-electron chi connectivity index (χ1n) is 7.15. The van der Waals surface area contributed by atoms with Crippen LogP contribution in [0.15, 0.2) is 0 Å². The lowest BCUT2D eigenvalue weighted by molar-refractivity contribution is -0.133. The van der Waals surface area contributed by atoms with Crippen molar-refractivity contribution in [1.82, 2.24) is 10.2 Å². The lowest BCUT2D eigenvalue weighted by Gasteiger charge is -2.32. The zero-order valence-electron chi connectivity index (χ0n) is 11.7. The quantitative estimate of drug-likeness (QED) is 0.772. The average molecular weight is 240 g/mol. The third-order valence-corrected chi connectivity index (χ3v) is 3.87. The molecule has 1 unspecified atom stereocenters. The van der Waals surface area contributed by atoms with E-state index < -0.39 is 0 Å². The summed E-state index contributed by atoms with van der Waals surface area (Å²) in [6.07, 6.45) is 4.16. The van der Waals surface area contributed by atoms with E-state index in [9.17, 15) is 4.79 Å². The summed E-state index contributed by atoms with van der Waals surface area (Å²) >= 11 is 0. The minimum Gasteiger partial charge on any atom is -0.343 e. The first kappa shape index (κ1) is 14.5. The molecular formula is C14H28N2O. The van der Waals surface area contributed by atoms with E-state index in [1.807, 2.05) is 0 Å². The smallest absolute Gasteiger partial charge is 0.222 e. The number of hydrogen-bond acceptors (Lipinski definition) is 2. The maximum absolute atomic E-state index is 12.0. The molecule has 1 heterocycles. The summed E-state index contributed by atoms with van der Waals surface area (Å²) < 4.78 is 0. The van der Waals surface area contributed by atoms with Crippen LogP contribution < -0.4 is 5.32 Å². The second-order valence-electron chi connectivity index (χ2n) is 5.35. The molecule has 1 saturated heterocycles. The van der Waals surface area contributed by atoms with Crippen LogP contribution in [0.4, 0.5) is 0 Å². The molecule has 1 aliphatic heterocycles. The van der Waals surface area contributed by atoms with E-state index >= 15 is 0 Å². The Morgan fingerprint density at radius 1 is 1.35 bits per heavy atom. The molecule has 1 aliphatic rings. The standard InChI is InChI=1S/C14H28N2O/c1-4-12(3)10-14(17)16-8-6-13(7-9-16)11-15-5-2/h12-13,15H,4-11H2,1-3H3. The molecule has 1 atom stereocenters. The molecule has 1 rings (SSSR count). The average Bonchev–Trinajstić information content (AvgIpc) is 2.36. The van der Waals surface area contributed by atoms with Crippen molar-refractivity contribution >= 4 is 5.91 Å². The Hall–Kier alpha value is -0.570. The minimum absolute atomic E-state index is 0.362. The van der Waals surface area contributed by atoms with Crippen LogP contribution in [-0.4, -0.2) is 37.0 Å². The summed E-state index contributed by atoms with van der Waals surface area (Å²) in [5, 5.41) is 3.40. The van der Waals surface area contributed by atoms with Crippen molar-refractivity contribution in [2.24, 2.45) is 11.8 Å². The highest BCUT2D eigenvalue weighted by atomic mass is 16.2. The van der Waals surface area contributed by atoms with Crippen LogP contribution in [0.2, 0.25) is 0 Å². The maximum atomic E-state index is 12.0. The van der Waals surface area contributed by atoms with Crippen molar-refractivity contribution < 1.29 is 4.79 Å². The zero-order chi connectivity index (χ0) is 12.7. The molecule has 0 radical (unpaired) electrons. The van der Waals surface area contributed by atoms with E-state index in [2.05, 4.69) is 31.0 Å². The molecular weight excluding hydrogens is 212 g/mol. The molecule has 0 aliphatic carbocycles. The van der Waals surface area contributed by atoms with Gasteiger partial charge in [-0.05, 0) is 37.8 Å². The SMILES string of the molecule is CCNCC1CCN(C(=O)CC(C)CC)CC1. The Labute approximate surface area is 106 Å². The number of amides is 1. The predicted octanol–water partition coefficient (Wildman–Crippen LogP) is 2.27. The monoisotopic (exact) mass is 240 g/mol. The maximum Gasteiger partial charge on any atom is 0.222 e. The third-order valence-electron chi connectivity index (χ3n) is 3.87. The van der Waals surface area contributed by atoms with E-state index in [4.69, 9.17) is 0 Å². The van der Waals surface area contributed by atoms with Crippen LogP contribution in [0.5, 0.6) is 0 Å². The van der Waals surface area contributed by atoms with Gasteiger partial charge in [-0.2, -0.15) is 0 Å².